The van der Waals surface area contributed by atoms with Crippen LogP contribution >= 0.6 is 11.6 Å². The van der Waals surface area contributed by atoms with Crippen LogP contribution in [0.1, 0.15) is 25.3 Å². The molecule has 2 aromatic rings. The number of aromatic nitrogens is 2. The molecule has 0 saturated carbocycles. The normalized spacial score (nSPS) is 10.9. The molecule has 5 nitrogen and oxygen atoms in total. The minimum Gasteiger partial charge on any atom is -0.493 e. The van der Waals surface area contributed by atoms with Gasteiger partial charge in [-0.05, 0) is 17.5 Å². The van der Waals surface area contributed by atoms with Crippen LogP contribution in [0, 0.1) is 0 Å². The number of hydrogen-bond acceptors (Lipinski definition) is 4. The van der Waals surface area contributed by atoms with Gasteiger partial charge in [-0.2, -0.15) is 5.10 Å². The lowest BCUT2D eigenvalue weighted by atomic mass is 9.97. The molecule has 0 aliphatic heterocycles. The van der Waals surface area contributed by atoms with E-state index in [2.05, 4.69) is 24.0 Å². The van der Waals surface area contributed by atoms with E-state index in [1.54, 1.807) is 20.3 Å². The maximum absolute atomic E-state index is 6.54. The van der Waals surface area contributed by atoms with E-state index in [1.165, 1.54) is 0 Å². The first kappa shape index (κ1) is 14.5. The second-order valence-corrected chi connectivity index (χ2v) is 5.13. The zero-order valence-electron chi connectivity index (χ0n) is 12.0. The van der Waals surface area contributed by atoms with E-state index in [9.17, 15) is 0 Å². The number of nitrogens with one attached hydrogen (secondary N) is 1. The topological polar surface area (TPSA) is 73.2 Å². The molecule has 0 atom stereocenters. The van der Waals surface area contributed by atoms with Crippen molar-refractivity contribution in [1.29, 1.82) is 0 Å². The van der Waals surface area contributed by atoms with Crippen molar-refractivity contribution >= 4 is 17.4 Å². The molecule has 0 bridgehead atoms. The third kappa shape index (κ3) is 2.41. The number of anilines is 1. The van der Waals surface area contributed by atoms with Gasteiger partial charge < -0.3 is 15.2 Å². The summed E-state index contributed by atoms with van der Waals surface area (Å²) < 4.78 is 10.9. The van der Waals surface area contributed by atoms with Crippen molar-refractivity contribution < 1.29 is 9.47 Å². The zero-order chi connectivity index (χ0) is 14.9. The molecule has 0 aliphatic carbocycles. The Morgan fingerprint density at radius 1 is 1.25 bits per heavy atom. The van der Waals surface area contributed by atoms with Gasteiger partial charge in [-0.3, -0.25) is 5.10 Å². The highest BCUT2D eigenvalue weighted by atomic mass is 35.5. The monoisotopic (exact) mass is 295 g/mol. The highest BCUT2D eigenvalue weighted by molar-refractivity contribution is 6.34. The predicted octanol–water partition coefficient (Wildman–Crippen LogP) is 3.45. The van der Waals surface area contributed by atoms with Gasteiger partial charge in [0.25, 0.3) is 0 Å². The number of ether oxygens (including phenoxy) is 2. The SMILES string of the molecule is COc1cc(C(C)C)c(Cl)c(-c2cc(N)n[nH]2)c1OC. The van der Waals surface area contributed by atoms with Gasteiger partial charge in [-0.1, -0.05) is 25.4 Å². The number of hydrogen-bond donors (Lipinski definition) is 2. The van der Waals surface area contributed by atoms with Crippen molar-refractivity contribution in [3.63, 3.8) is 0 Å². The van der Waals surface area contributed by atoms with Gasteiger partial charge in [0, 0.05) is 6.07 Å². The van der Waals surface area contributed by atoms with Crippen molar-refractivity contribution in [3.05, 3.63) is 22.7 Å². The van der Waals surface area contributed by atoms with E-state index in [0.717, 1.165) is 5.56 Å². The van der Waals surface area contributed by atoms with Crippen molar-refractivity contribution in [1.82, 2.24) is 10.2 Å². The van der Waals surface area contributed by atoms with Gasteiger partial charge >= 0.3 is 0 Å². The van der Waals surface area contributed by atoms with Crippen LogP contribution in [0.4, 0.5) is 5.82 Å². The van der Waals surface area contributed by atoms with Gasteiger partial charge in [-0.15, -0.1) is 0 Å². The van der Waals surface area contributed by atoms with Crippen LogP contribution in [-0.4, -0.2) is 24.4 Å². The fourth-order valence-corrected chi connectivity index (χ4v) is 2.58. The van der Waals surface area contributed by atoms with E-state index in [4.69, 9.17) is 26.8 Å². The number of methoxy groups -OCH3 is 2. The number of nitrogens with two attached hydrogens (primary N) is 1. The average Bonchev–Trinajstić information content (AvgIpc) is 2.83. The number of benzene rings is 1. The van der Waals surface area contributed by atoms with Crippen LogP contribution in [0.5, 0.6) is 11.5 Å². The minimum atomic E-state index is 0.251. The molecule has 0 fully saturated rings. The zero-order valence-corrected chi connectivity index (χ0v) is 12.7. The molecular weight excluding hydrogens is 278 g/mol. The summed E-state index contributed by atoms with van der Waals surface area (Å²) in [6, 6.07) is 3.61. The first-order valence-electron chi connectivity index (χ1n) is 6.25. The standard InChI is InChI=1S/C14H18ClN3O2/c1-7(2)8-5-10(19-3)14(20-4)12(13(8)15)9-6-11(16)18-17-9/h5-7H,1-4H3,(H3,16,17,18). The number of H-pyrrole nitrogens is 1. The largest absolute Gasteiger partial charge is 0.493 e. The molecule has 20 heavy (non-hydrogen) atoms. The van der Waals surface area contributed by atoms with E-state index < -0.39 is 0 Å². The van der Waals surface area contributed by atoms with Crippen LogP contribution in [0.25, 0.3) is 11.3 Å². The lowest BCUT2D eigenvalue weighted by Crippen LogP contribution is -1.99. The maximum atomic E-state index is 6.54. The molecule has 2 rings (SSSR count). The van der Waals surface area contributed by atoms with Crippen LogP contribution in [0.2, 0.25) is 5.02 Å². The Kier molecular flexibility index (Phi) is 4.09. The molecule has 0 radical (unpaired) electrons. The predicted molar refractivity (Wildman–Crippen MR) is 80.6 cm³/mol. The Bertz CT molecular complexity index is 623. The summed E-state index contributed by atoms with van der Waals surface area (Å²) >= 11 is 6.54. The first-order valence-corrected chi connectivity index (χ1v) is 6.63. The van der Waals surface area contributed by atoms with Crippen molar-refractivity contribution in [3.8, 4) is 22.8 Å². The molecular formula is C14H18ClN3O2. The summed E-state index contributed by atoms with van der Waals surface area (Å²) in [6.45, 7) is 4.14. The summed E-state index contributed by atoms with van der Waals surface area (Å²) in [4.78, 5) is 0. The van der Waals surface area contributed by atoms with Gasteiger partial charge in [0.05, 0.1) is 30.5 Å². The van der Waals surface area contributed by atoms with E-state index in [1.807, 2.05) is 6.07 Å². The molecule has 3 N–H and O–H groups in total. The molecule has 1 aromatic heterocycles. The number of aromatic amines is 1. The number of rotatable bonds is 4. The molecule has 1 aromatic carbocycles. The number of nitrogens with zero attached hydrogens (tertiary/aromatic N) is 1. The molecule has 1 heterocycles. The third-order valence-electron chi connectivity index (χ3n) is 3.12. The molecule has 0 saturated heterocycles. The maximum Gasteiger partial charge on any atom is 0.171 e. The van der Waals surface area contributed by atoms with Crippen LogP contribution in [0.3, 0.4) is 0 Å². The van der Waals surface area contributed by atoms with Gasteiger partial charge in [0.2, 0.25) is 0 Å². The second-order valence-electron chi connectivity index (χ2n) is 4.75. The third-order valence-corrected chi connectivity index (χ3v) is 3.53. The lowest BCUT2D eigenvalue weighted by molar-refractivity contribution is 0.355. The van der Waals surface area contributed by atoms with Crippen LogP contribution in [0.15, 0.2) is 12.1 Å². The molecule has 0 amide bonds. The van der Waals surface area contributed by atoms with E-state index in [0.29, 0.717) is 33.6 Å². The van der Waals surface area contributed by atoms with E-state index in [-0.39, 0.29) is 5.92 Å². The average molecular weight is 296 g/mol. The van der Waals surface area contributed by atoms with Crippen LogP contribution in [-0.2, 0) is 0 Å². The molecule has 6 heteroatoms. The van der Waals surface area contributed by atoms with Crippen molar-refractivity contribution in [2.45, 2.75) is 19.8 Å². The fourth-order valence-electron chi connectivity index (χ4n) is 2.12. The first-order chi connectivity index (χ1) is 9.49. The second kappa shape index (κ2) is 5.63. The quantitative estimate of drug-likeness (QED) is 0.906. The summed E-state index contributed by atoms with van der Waals surface area (Å²) in [5, 5.41) is 7.41. The lowest BCUT2D eigenvalue weighted by Gasteiger charge is -2.18. The Hall–Kier alpha value is -1.88. The van der Waals surface area contributed by atoms with Crippen molar-refractivity contribution in [2.75, 3.05) is 20.0 Å². The summed E-state index contributed by atoms with van der Waals surface area (Å²) in [7, 11) is 3.17. The van der Waals surface area contributed by atoms with Gasteiger partial charge in [-0.25, -0.2) is 0 Å². The molecule has 0 spiro atoms. The highest BCUT2D eigenvalue weighted by Gasteiger charge is 2.22. The van der Waals surface area contributed by atoms with Gasteiger partial charge in [0.15, 0.2) is 11.5 Å². The number of halogens is 1. The number of nitrogen functional groups attached to an aromatic ring is 1. The van der Waals surface area contributed by atoms with Crippen LogP contribution < -0.4 is 15.2 Å². The summed E-state index contributed by atoms with van der Waals surface area (Å²) in [5.74, 6) is 1.84. The Balaban J connectivity index is 2.78. The molecule has 108 valence electrons. The summed E-state index contributed by atoms with van der Waals surface area (Å²) in [6.07, 6.45) is 0. The summed E-state index contributed by atoms with van der Waals surface area (Å²) in [5.41, 5.74) is 8.06. The van der Waals surface area contributed by atoms with Crippen molar-refractivity contribution in [2.24, 2.45) is 0 Å². The molecule has 0 unspecified atom stereocenters. The Morgan fingerprint density at radius 3 is 2.40 bits per heavy atom. The Labute approximate surface area is 123 Å². The van der Waals surface area contributed by atoms with E-state index >= 15 is 0 Å². The fraction of sp³-hybridized carbons (Fsp3) is 0.357. The highest BCUT2D eigenvalue weighted by Crippen LogP contribution is 2.46. The minimum absolute atomic E-state index is 0.251. The van der Waals surface area contributed by atoms with Gasteiger partial charge in [0.1, 0.15) is 5.82 Å². The smallest absolute Gasteiger partial charge is 0.171 e. The Morgan fingerprint density at radius 2 is 1.95 bits per heavy atom. The molecule has 0 aliphatic rings.